The highest BCUT2D eigenvalue weighted by atomic mass is 79.9. The Morgan fingerprint density at radius 2 is 0.958 bits per heavy atom. The molecule has 0 fully saturated rings. The number of esters is 2. The van der Waals surface area contributed by atoms with Gasteiger partial charge in [-0.25, -0.2) is 20.4 Å². The molecule has 0 aromatic heterocycles. The van der Waals surface area contributed by atoms with Gasteiger partial charge in [0.1, 0.15) is 0 Å². The van der Waals surface area contributed by atoms with Crippen LogP contribution in [0.2, 0.25) is 0 Å². The summed E-state index contributed by atoms with van der Waals surface area (Å²) in [5.74, 6) is -1.05. The highest BCUT2D eigenvalue weighted by Gasteiger charge is 2.14. The number of halogens is 2. The summed E-state index contributed by atoms with van der Waals surface area (Å²) < 4.78 is 23.2. The van der Waals surface area contributed by atoms with Gasteiger partial charge in [-0.2, -0.15) is 10.2 Å². The van der Waals surface area contributed by atoms with Crippen molar-refractivity contribution in [3.8, 4) is 23.0 Å². The molecular formula is C34H28Br2N4O8. The summed E-state index contributed by atoms with van der Waals surface area (Å²) in [6, 6.07) is 23.0. The van der Waals surface area contributed by atoms with Crippen LogP contribution in [-0.2, 0) is 9.59 Å². The quantitative estimate of drug-likeness (QED) is 0.0720. The van der Waals surface area contributed by atoms with Gasteiger partial charge in [-0.1, -0.05) is 31.9 Å². The second-order valence-corrected chi connectivity index (χ2v) is 11.5. The Bertz CT molecular complexity index is 1710. The zero-order valence-electron chi connectivity index (χ0n) is 25.6. The van der Waals surface area contributed by atoms with Crippen molar-refractivity contribution in [1.82, 2.24) is 10.9 Å². The summed E-state index contributed by atoms with van der Waals surface area (Å²) in [5, 5.41) is 7.81. The molecule has 0 aliphatic carbocycles. The zero-order chi connectivity index (χ0) is 34.5. The summed E-state index contributed by atoms with van der Waals surface area (Å²) in [6.45, 7) is 0. The van der Waals surface area contributed by atoms with Gasteiger partial charge in [-0.05, 0) is 96.1 Å². The molecule has 0 bridgehead atoms. The van der Waals surface area contributed by atoms with Crippen LogP contribution in [0.4, 0.5) is 0 Å². The average Bonchev–Trinajstić information content (AvgIpc) is 3.09. The number of methoxy groups -OCH3 is 2. The van der Waals surface area contributed by atoms with E-state index in [0.29, 0.717) is 33.8 Å². The molecule has 48 heavy (non-hydrogen) atoms. The lowest BCUT2D eigenvalue weighted by Crippen LogP contribution is -2.22. The molecule has 0 saturated carbocycles. The van der Waals surface area contributed by atoms with Gasteiger partial charge in [-0.3, -0.25) is 9.59 Å². The third-order valence-electron chi connectivity index (χ3n) is 6.33. The van der Waals surface area contributed by atoms with Gasteiger partial charge >= 0.3 is 11.9 Å². The van der Waals surface area contributed by atoms with Crippen LogP contribution < -0.4 is 29.8 Å². The van der Waals surface area contributed by atoms with Gasteiger partial charge in [0, 0.05) is 21.8 Å². The van der Waals surface area contributed by atoms with Crippen molar-refractivity contribution in [2.45, 2.75) is 12.8 Å². The van der Waals surface area contributed by atoms with E-state index in [1.54, 1.807) is 84.9 Å². The maximum atomic E-state index is 12.4. The minimum atomic E-state index is -0.545. The Hall–Kier alpha value is -5.34. The smallest absolute Gasteiger partial charge is 0.343 e. The van der Waals surface area contributed by atoms with Gasteiger partial charge in [0.2, 0.25) is 11.8 Å². The van der Waals surface area contributed by atoms with Gasteiger partial charge in [0.25, 0.3) is 0 Å². The van der Waals surface area contributed by atoms with E-state index in [9.17, 15) is 19.2 Å². The number of hydrazone groups is 2. The third-order valence-corrected chi connectivity index (χ3v) is 7.38. The minimum Gasteiger partial charge on any atom is -0.493 e. The number of rotatable bonds is 13. The van der Waals surface area contributed by atoms with E-state index in [1.165, 1.54) is 26.6 Å². The Morgan fingerprint density at radius 3 is 1.31 bits per heavy atom. The fourth-order valence-electron chi connectivity index (χ4n) is 3.88. The lowest BCUT2D eigenvalue weighted by molar-refractivity contribution is -0.126. The van der Waals surface area contributed by atoms with Gasteiger partial charge in [0.15, 0.2) is 23.0 Å². The number of nitrogens with zero attached hydrogens (tertiary/aromatic N) is 2. The van der Waals surface area contributed by atoms with Gasteiger partial charge < -0.3 is 18.9 Å². The number of hydrogen-bond donors (Lipinski definition) is 2. The molecule has 4 rings (SSSR count). The fraction of sp³-hybridized carbons (Fsp3) is 0.118. The maximum Gasteiger partial charge on any atom is 0.343 e. The molecule has 0 saturated heterocycles. The molecule has 0 atom stereocenters. The zero-order valence-corrected chi connectivity index (χ0v) is 28.7. The van der Waals surface area contributed by atoms with Gasteiger partial charge in [-0.15, -0.1) is 0 Å². The molecule has 4 aromatic carbocycles. The van der Waals surface area contributed by atoms with Crippen molar-refractivity contribution < 1.29 is 38.1 Å². The van der Waals surface area contributed by atoms with Crippen molar-refractivity contribution in [3.05, 3.63) is 116 Å². The largest absolute Gasteiger partial charge is 0.493 e. The molecule has 0 aliphatic rings. The number of amides is 2. The van der Waals surface area contributed by atoms with E-state index >= 15 is 0 Å². The highest BCUT2D eigenvalue weighted by Crippen LogP contribution is 2.29. The van der Waals surface area contributed by atoms with Crippen LogP contribution in [0.5, 0.6) is 23.0 Å². The van der Waals surface area contributed by atoms with Gasteiger partial charge in [0.05, 0.1) is 37.8 Å². The first-order chi connectivity index (χ1) is 23.1. The summed E-state index contributed by atoms with van der Waals surface area (Å²) >= 11 is 6.64. The number of ether oxygens (including phenoxy) is 4. The fourth-order valence-corrected chi connectivity index (χ4v) is 4.41. The van der Waals surface area contributed by atoms with Crippen LogP contribution in [0.25, 0.3) is 0 Å². The number of benzene rings is 4. The predicted octanol–water partition coefficient (Wildman–Crippen LogP) is 6.05. The molecule has 2 amide bonds. The monoisotopic (exact) mass is 778 g/mol. The topological polar surface area (TPSA) is 154 Å². The molecule has 14 heteroatoms. The standard InChI is InChI=1S/C34H28Br2N4O8/c1-45-29-17-21(3-13-27(29)47-33(43)23-5-9-25(35)10-6-23)19-37-39-31(41)15-16-32(42)40-38-20-22-4-14-28(30(18-22)46-2)48-34(44)24-7-11-26(36)12-8-24/h3-14,17-20H,15-16H2,1-2H3,(H,39,41)(H,40,42). The maximum absolute atomic E-state index is 12.4. The van der Waals surface area contributed by atoms with E-state index in [1.807, 2.05) is 0 Å². The first kappa shape index (κ1) is 35.5. The Morgan fingerprint density at radius 1 is 0.583 bits per heavy atom. The lowest BCUT2D eigenvalue weighted by atomic mass is 10.2. The van der Waals surface area contributed by atoms with E-state index in [2.05, 4.69) is 52.9 Å². The second kappa shape index (κ2) is 17.5. The van der Waals surface area contributed by atoms with Crippen LogP contribution in [-0.4, -0.2) is 50.4 Å². The SMILES string of the molecule is COc1cc(C=NNC(=O)CCC(=O)NN=Cc2ccc(OC(=O)c3ccc(Br)cc3)c(OC)c2)ccc1OC(=O)c1ccc(Br)cc1. The van der Waals surface area contributed by atoms with Crippen molar-refractivity contribution in [2.75, 3.05) is 14.2 Å². The Balaban J connectivity index is 1.21. The third kappa shape index (κ3) is 10.6. The molecule has 246 valence electrons. The molecule has 0 spiro atoms. The Kier molecular flexibility index (Phi) is 13.0. The highest BCUT2D eigenvalue weighted by molar-refractivity contribution is 9.10. The number of carbonyl (C=O) groups is 4. The predicted molar refractivity (Wildman–Crippen MR) is 185 cm³/mol. The summed E-state index contributed by atoms with van der Waals surface area (Å²) in [4.78, 5) is 49.3. The van der Waals surface area contributed by atoms with Crippen molar-refractivity contribution in [1.29, 1.82) is 0 Å². The van der Waals surface area contributed by atoms with Crippen molar-refractivity contribution in [2.24, 2.45) is 10.2 Å². The molecule has 12 nitrogen and oxygen atoms in total. The Labute approximate surface area is 292 Å². The van der Waals surface area contributed by atoms with E-state index in [0.717, 1.165) is 8.95 Å². The molecule has 4 aromatic rings. The van der Waals surface area contributed by atoms with Crippen molar-refractivity contribution in [3.63, 3.8) is 0 Å². The molecule has 0 unspecified atom stereocenters. The average molecular weight is 780 g/mol. The van der Waals surface area contributed by atoms with Crippen LogP contribution in [0.15, 0.2) is 104 Å². The van der Waals surface area contributed by atoms with Crippen molar-refractivity contribution >= 4 is 68.0 Å². The van der Waals surface area contributed by atoms with E-state index < -0.39 is 23.8 Å². The first-order valence-corrected chi connectivity index (χ1v) is 15.7. The number of nitrogens with one attached hydrogen (secondary N) is 2. The normalized spacial score (nSPS) is 10.8. The minimum absolute atomic E-state index is 0.140. The van der Waals surface area contributed by atoms with Crippen LogP contribution in [0.3, 0.4) is 0 Å². The number of carbonyl (C=O) groups excluding carboxylic acids is 4. The van der Waals surface area contributed by atoms with E-state index in [4.69, 9.17) is 18.9 Å². The molecular weight excluding hydrogens is 752 g/mol. The lowest BCUT2D eigenvalue weighted by Gasteiger charge is -2.10. The van der Waals surface area contributed by atoms with Crippen LogP contribution in [0.1, 0.15) is 44.7 Å². The summed E-state index contributed by atoms with van der Waals surface area (Å²) in [6.07, 6.45) is 2.48. The molecule has 0 radical (unpaired) electrons. The van der Waals surface area contributed by atoms with E-state index in [-0.39, 0.29) is 24.3 Å². The van der Waals surface area contributed by atoms with Crippen LogP contribution in [0, 0.1) is 0 Å². The first-order valence-electron chi connectivity index (χ1n) is 14.1. The molecule has 0 aliphatic heterocycles. The molecule has 0 heterocycles. The van der Waals surface area contributed by atoms with Crippen LogP contribution >= 0.6 is 31.9 Å². The molecule has 2 N–H and O–H groups in total. The second-order valence-electron chi connectivity index (χ2n) is 9.70. The summed E-state index contributed by atoms with van der Waals surface area (Å²) in [7, 11) is 2.87. The number of hydrogen-bond acceptors (Lipinski definition) is 10. The summed E-state index contributed by atoms with van der Waals surface area (Å²) in [5.41, 5.74) is 6.58.